The van der Waals surface area contributed by atoms with E-state index in [9.17, 15) is 9.18 Å². The van der Waals surface area contributed by atoms with Gasteiger partial charge in [0.25, 0.3) is 0 Å². The predicted octanol–water partition coefficient (Wildman–Crippen LogP) is 3.98. The van der Waals surface area contributed by atoms with Crippen LogP contribution in [0.2, 0.25) is 0 Å². The second kappa shape index (κ2) is 5.69. The van der Waals surface area contributed by atoms with Gasteiger partial charge in [0.05, 0.1) is 6.54 Å². The molecule has 2 aliphatic rings. The Morgan fingerprint density at radius 3 is 2.26 bits per heavy atom. The highest BCUT2D eigenvalue weighted by molar-refractivity contribution is 5.79. The van der Waals surface area contributed by atoms with Gasteiger partial charge in [-0.05, 0) is 28.7 Å². The minimum absolute atomic E-state index is 0.0510. The molecule has 1 aliphatic heterocycles. The van der Waals surface area contributed by atoms with Crippen molar-refractivity contribution in [2.24, 2.45) is 0 Å². The average Bonchev–Trinajstić information content (AvgIpc) is 3.15. The molecule has 1 aliphatic carbocycles. The van der Waals surface area contributed by atoms with Crippen molar-refractivity contribution in [2.45, 2.75) is 18.5 Å². The molecule has 0 bridgehead atoms. The number of ether oxygens (including phenoxy) is 1. The third-order valence-electron chi connectivity index (χ3n) is 4.72. The van der Waals surface area contributed by atoms with Crippen molar-refractivity contribution in [1.82, 2.24) is 4.90 Å². The number of hydrogen-bond acceptors (Lipinski definition) is 2. The van der Waals surface area contributed by atoms with Crippen LogP contribution in [-0.2, 0) is 4.74 Å². The Bertz CT molecular complexity index is 700. The maximum absolute atomic E-state index is 13.2. The fourth-order valence-electron chi connectivity index (χ4n) is 3.57. The number of nitrogens with zero attached hydrogens (tertiary/aromatic N) is 1. The zero-order valence-electron chi connectivity index (χ0n) is 12.7. The maximum atomic E-state index is 13.2. The summed E-state index contributed by atoms with van der Waals surface area (Å²) in [7, 11) is 0. The quantitative estimate of drug-likeness (QED) is 0.839. The SMILES string of the molecule is O=C(OCC1c2ccccc2-c2ccccc21)N1CC[C@@H](F)C1. The van der Waals surface area contributed by atoms with Gasteiger partial charge in [-0.1, -0.05) is 48.5 Å². The van der Waals surface area contributed by atoms with Gasteiger partial charge in [0.1, 0.15) is 12.8 Å². The normalized spacial score (nSPS) is 19.5. The molecule has 1 heterocycles. The summed E-state index contributed by atoms with van der Waals surface area (Å²) in [5.74, 6) is 0.0510. The number of rotatable bonds is 2. The zero-order chi connectivity index (χ0) is 15.8. The van der Waals surface area contributed by atoms with E-state index in [2.05, 4.69) is 24.3 Å². The smallest absolute Gasteiger partial charge is 0.409 e. The molecule has 2 aromatic carbocycles. The Labute approximate surface area is 134 Å². The molecule has 1 saturated heterocycles. The molecule has 23 heavy (non-hydrogen) atoms. The number of carbonyl (C=O) groups excluding carboxylic acids is 1. The van der Waals surface area contributed by atoms with Gasteiger partial charge in [0.2, 0.25) is 0 Å². The number of benzene rings is 2. The van der Waals surface area contributed by atoms with Gasteiger partial charge in [-0.2, -0.15) is 0 Å². The molecule has 0 N–H and O–H groups in total. The van der Waals surface area contributed by atoms with Crippen LogP contribution in [0.5, 0.6) is 0 Å². The van der Waals surface area contributed by atoms with Gasteiger partial charge in [0, 0.05) is 12.5 Å². The first-order valence-electron chi connectivity index (χ1n) is 7.98. The molecule has 1 amide bonds. The van der Waals surface area contributed by atoms with Crippen molar-refractivity contribution in [2.75, 3.05) is 19.7 Å². The number of alkyl halides is 1. The number of carbonyl (C=O) groups is 1. The van der Waals surface area contributed by atoms with Crippen LogP contribution in [0.1, 0.15) is 23.5 Å². The van der Waals surface area contributed by atoms with Crippen molar-refractivity contribution in [1.29, 1.82) is 0 Å². The van der Waals surface area contributed by atoms with E-state index in [-0.39, 0.29) is 12.5 Å². The van der Waals surface area contributed by atoms with Gasteiger partial charge >= 0.3 is 6.09 Å². The molecule has 1 fully saturated rings. The fourth-order valence-corrected chi connectivity index (χ4v) is 3.57. The van der Waals surface area contributed by atoms with E-state index in [0.717, 1.165) is 0 Å². The molecular formula is C19H18FNO2. The molecule has 0 saturated carbocycles. The molecule has 4 rings (SSSR count). The minimum Gasteiger partial charge on any atom is -0.448 e. The Morgan fingerprint density at radius 1 is 1.09 bits per heavy atom. The second-order valence-electron chi connectivity index (χ2n) is 6.14. The highest BCUT2D eigenvalue weighted by Crippen LogP contribution is 2.44. The van der Waals surface area contributed by atoms with E-state index >= 15 is 0 Å². The van der Waals surface area contributed by atoms with E-state index in [1.54, 1.807) is 0 Å². The van der Waals surface area contributed by atoms with Crippen molar-refractivity contribution in [3.05, 3.63) is 59.7 Å². The summed E-state index contributed by atoms with van der Waals surface area (Å²) in [6.45, 7) is 0.884. The summed E-state index contributed by atoms with van der Waals surface area (Å²) in [5.41, 5.74) is 4.78. The van der Waals surface area contributed by atoms with Crippen LogP contribution in [0.15, 0.2) is 48.5 Å². The van der Waals surface area contributed by atoms with Crippen LogP contribution < -0.4 is 0 Å². The molecule has 0 spiro atoms. The summed E-state index contributed by atoms with van der Waals surface area (Å²) < 4.78 is 18.7. The first kappa shape index (κ1) is 14.2. The van der Waals surface area contributed by atoms with Crippen LogP contribution in [0.4, 0.5) is 9.18 Å². The Kier molecular flexibility index (Phi) is 3.52. The molecular weight excluding hydrogens is 293 g/mol. The Morgan fingerprint density at radius 2 is 1.70 bits per heavy atom. The minimum atomic E-state index is -0.921. The molecule has 4 heteroatoms. The predicted molar refractivity (Wildman–Crippen MR) is 86.2 cm³/mol. The molecule has 0 radical (unpaired) electrons. The van der Waals surface area contributed by atoms with Gasteiger partial charge < -0.3 is 9.64 Å². The van der Waals surface area contributed by atoms with E-state index in [1.165, 1.54) is 27.2 Å². The number of fused-ring (bicyclic) bond motifs is 3. The fraction of sp³-hybridized carbons (Fsp3) is 0.316. The van der Waals surface area contributed by atoms with Gasteiger partial charge in [0.15, 0.2) is 0 Å². The van der Waals surface area contributed by atoms with Crippen LogP contribution in [0.3, 0.4) is 0 Å². The third-order valence-corrected chi connectivity index (χ3v) is 4.72. The van der Waals surface area contributed by atoms with E-state index in [4.69, 9.17) is 4.74 Å². The van der Waals surface area contributed by atoms with Gasteiger partial charge in [-0.3, -0.25) is 0 Å². The monoisotopic (exact) mass is 311 g/mol. The largest absolute Gasteiger partial charge is 0.448 e. The van der Waals surface area contributed by atoms with Crippen molar-refractivity contribution in [3.63, 3.8) is 0 Å². The number of amides is 1. The van der Waals surface area contributed by atoms with Crippen LogP contribution >= 0.6 is 0 Å². The maximum Gasteiger partial charge on any atom is 0.409 e. The third kappa shape index (κ3) is 2.48. The summed E-state index contributed by atoms with van der Waals surface area (Å²) >= 11 is 0. The van der Waals surface area contributed by atoms with Crippen LogP contribution in [-0.4, -0.2) is 36.9 Å². The topological polar surface area (TPSA) is 29.5 Å². The molecule has 0 unspecified atom stereocenters. The van der Waals surface area contributed by atoms with E-state index < -0.39 is 12.3 Å². The number of likely N-dealkylation sites (tertiary alicyclic amines) is 1. The van der Waals surface area contributed by atoms with Crippen LogP contribution in [0, 0.1) is 0 Å². The molecule has 1 atom stereocenters. The van der Waals surface area contributed by atoms with E-state index in [0.29, 0.717) is 19.6 Å². The highest BCUT2D eigenvalue weighted by Gasteiger charge is 2.31. The number of hydrogen-bond donors (Lipinski definition) is 0. The van der Waals surface area contributed by atoms with Crippen molar-refractivity contribution in [3.8, 4) is 11.1 Å². The Hall–Kier alpha value is -2.36. The molecule has 3 nitrogen and oxygen atoms in total. The van der Waals surface area contributed by atoms with Gasteiger partial charge in [-0.25, -0.2) is 9.18 Å². The van der Waals surface area contributed by atoms with Crippen LogP contribution in [0.25, 0.3) is 11.1 Å². The average molecular weight is 311 g/mol. The summed E-state index contributed by atoms with van der Waals surface area (Å²) in [4.78, 5) is 13.6. The second-order valence-corrected chi connectivity index (χ2v) is 6.14. The lowest BCUT2D eigenvalue weighted by atomic mass is 9.98. The summed E-state index contributed by atoms with van der Waals surface area (Å²) in [6, 6.07) is 16.4. The van der Waals surface area contributed by atoms with Gasteiger partial charge in [-0.15, -0.1) is 0 Å². The first-order valence-corrected chi connectivity index (χ1v) is 7.98. The van der Waals surface area contributed by atoms with Crippen molar-refractivity contribution >= 4 is 6.09 Å². The highest BCUT2D eigenvalue weighted by atomic mass is 19.1. The lowest BCUT2D eigenvalue weighted by molar-refractivity contribution is 0.105. The molecule has 2 aromatic rings. The number of halogens is 1. The first-order chi connectivity index (χ1) is 11.2. The Balaban J connectivity index is 1.54. The summed E-state index contributed by atoms with van der Waals surface area (Å²) in [5, 5.41) is 0. The standard InChI is InChI=1S/C19H18FNO2/c20-13-9-10-21(11-13)19(22)23-12-18-16-7-3-1-5-14(16)15-6-2-4-8-17(15)18/h1-8,13,18H,9-12H2/t13-/m1/s1. The molecule has 0 aromatic heterocycles. The zero-order valence-corrected chi connectivity index (χ0v) is 12.7. The van der Waals surface area contributed by atoms with E-state index in [1.807, 2.05) is 24.3 Å². The lowest BCUT2D eigenvalue weighted by Crippen LogP contribution is -2.30. The molecule has 118 valence electrons. The van der Waals surface area contributed by atoms with Crippen molar-refractivity contribution < 1.29 is 13.9 Å². The summed E-state index contributed by atoms with van der Waals surface area (Å²) in [6.07, 6.45) is -0.924. The lowest BCUT2D eigenvalue weighted by Gasteiger charge is -2.18.